The molecular weight excluding hydrogens is 949 g/mol. The predicted molar refractivity (Wildman–Crippen MR) is 334 cm³/mol. The zero-order valence-electron chi connectivity index (χ0n) is 50.4. The van der Waals surface area contributed by atoms with Crippen molar-refractivity contribution < 1.29 is 28.6 Å². The van der Waals surface area contributed by atoms with Crippen molar-refractivity contribution in [2.45, 2.75) is 309 Å². The highest BCUT2D eigenvalue weighted by Gasteiger charge is 2.19. The molecule has 0 aliphatic rings. The van der Waals surface area contributed by atoms with E-state index in [-0.39, 0.29) is 37.5 Å². The molecule has 0 aliphatic heterocycles. The molecule has 0 aliphatic carbocycles. The normalized spacial score (nSPS) is 12.8. The van der Waals surface area contributed by atoms with Gasteiger partial charge in [0.1, 0.15) is 13.2 Å². The Kier molecular flexibility index (Phi) is 61.3. The van der Waals surface area contributed by atoms with Crippen LogP contribution in [0.3, 0.4) is 0 Å². The van der Waals surface area contributed by atoms with E-state index < -0.39 is 6.10 Å². The summed E-state index contributed by atoms with van der Waals surface area (Å²) in [5.74, 6) is -0.937. The highest BCUT2D eigenvalue weighted by molar-refractivity contribution is 5.71. The van der Waals surface area contributed by atoms with Gasteiger partial charge in [-0.3, -0.25) is 14.4 Å². The van der Waals surface area contributed by atoms with Crippen molar-refractivity contribution in [1.29, 1.82) is 0 Å². The highest BCUT2D eigenvalue weighted by Crippen LogP contribution is 2.15. The molecular formula is C71H120O6. The van der Waals surface area contributed by atoms with Crippen molar-refractivity contribution in [2.24, 2.45) is 0 Å². The number of hydrogen-bond donors (Lipinski definition) is 0. The first kappa shape index (κ1) is 73.1. The molecule has 440 valence electrons. The maximum atomic E-state index is 12.9. The largest absolute Gasteiger partial charge is 0.462 e. The van der Waals surface area contributed by atoms with Crippen LogP contribution < -0.4 is 0 Å². The van der Waals surface area contributed by atoms with Gasteiger partial charge in [-0.25, -0.2) is 0 Å². The van der Waals surface area contributed by atoms with Crippen LogP contribution in [-0.4, -0.2) is 37.2 Å². The summed E-state index contributed by atoms with van der Waals surface area (Å²) in [5, 5.41) is 0. The molecule has 0 rings (SSSR count). The number of allylic oxidation sites excluding steroid dienone is 18. The number of ether oxygens (including phenoxy) is 3. The van der Waals surface area contributed by atoms with E-state index in [4.69, 9.17) is 14.2 Å². The topological polar surface area (TPSA) is 78.9 Å². The maximum absolute atomic E-state index is 12.9. The number of rotatable bonds is 58. The van der Waals surface area contributed by atoms with Crippen molar-refractivity contribution in [3.05, 3.63) is 109 Å². The lowest BCUT2D eigenvalue weighted by Gasteiger charge is -2.18. The number of unbranched alkanes of at least 4 members (excludes halogenated alkanes) is 29. The molecule has 0 bridgehead atoms. The SMILES string of the molecule is CC/C=C\C/C=C\C/C=C\C/C=C\C/C=C\CCCCCC(=O)OC(COC(=O)CCCCCCCC/C=C\C/C=C\C/C=C\CCCCCCC)COC(=O)CCCCCCCCCCC/C=C\CCCCCCCC. The fourth-order valence-corrected chi connectivity index (χ4v) is 8.88. The van der Waals surface area contributed by atoms with Gasteiger partial charge in [0.2, 0.25) is 0 Å². The summed E-state index contributed by atoms with van der Waals surface area (Å²) in [6.45, 7) is 6.49. The van der Waals surface area contributed by atoms with E-state index >= 15 is 0 Å². The van der Waals surface area contributed by atoms with Gasteiger partial charge in [-0.1, -0.05) is 265 Å². The van der Waals surface area contributed by atoms with E-state index in [1.54, 1.807) is 0 Å². The highest BCUT2D eigenvalue weighted by atomic mass is 16.6. The van der Waals surface area contributed by atoms with Crippen LogP contribution in [0, 0.1) is 0 Å². The quantitative estimate of drug-likeness (QED) is 0.0261. The van der Waals surface area contributed by atoms with Crippen molar-refractivity contribution in [3.63, 3.8) is 0 Å². The third-order valence-corrected chi connectivity index (χ3v) is 13.7. The van der Waals surface area contributed by atoms with Gasteiger partial charge >= 0.3 is 17.9 Å². The zero-order valence-corrected chi connectivity index (χ0v) is 50.4. The number of esters is 3. The van der Waals surface area contributed by atoms with Gasteiger partial charge in [0, 0.05) is 19.3 Å². The van der Waals surface area contributed by atoms with E-state index in [0.29, 0.717) is 12.8 Å². The van der Waals surface area contributed by atoms with Crippen LogP contribution in [0.15, 0.2) is 109 Å². The molecule has 6 heteroatoms. The number of carbonyl (C=O) groups is 3. The lowest BCUT2D eigenvalue weighted by atomic mass is 10.1. The van der Waals surface area contributed by atoms with Crippen LogP contribution in [0.4, 0.5) is 0 Å². The number of hydrogen-bond acceptors (Lipinski definition) is 6. The van der Waals surface area contributed by atoms with E-state index in [2.05, 4.69) is 130 Å². The Labute approximate surface area is 476 Å². The van der Waals surface area contributed by atoms with Crippen molar-refractivity contribution in [2.75, 3.05) is 13.2 Å². The Morgan fingerprint density at radius 2 is 0.506 bits per heavy atom. The molecule has 0 heterocycles. The fraction of sp³-hybridized carbons (Fsp3) is 0.704. The van der Waals surface area contributed by atoms with Crippen LogP contribution in [0.2, 0.25) is 0 Å². The molecule has 0 spiro atoms. The van der Waals surface area contributed by atoms with Crippen LogP contribution in [-0.2, 0) is 28.6 Å². The molecule has 0 aromatic rings. The first-order valence-electron chi connectivity index (χ1n) is 32.4. The molecule has 0 fully saturated rings. The van der Waals surface area contributed by atoms with Crippen molar-refractivity contribution in [3.8, 4) is 0 Å². The third kappa shape index (κ3) is 62.8. The molecule has 77 heavy (non-hydrogen) atoms. The van der Waals surface area contributed by atoms with E-state index in [1.807, 2.05) is 0 Å². The van der Waals surface area contributed by atoms with Crippen LogP contribution in [0.1, 0.15) is 303 Å². The predicted octanol–water partition coefficient (Wildman–Crippen LogP) is 22.2. The summed E-state index contributed by atoms with van der Waals surface area (Å²) in [4.78, 5) is 38.4. The second kappa shape index (κ2) is 64.6. The van der Waals surface area contributed by atoms with Gasteiger partial charge in [0.15, 0.2) is 6.10 Å². The van der Waals surface area contributed by atoms with Gasteiger partial charge in [-0.05, 0) is 128 Å². The summed E-state index contributed by atoms with van der Waals surface area (Å²) >= 11 is 0. The van der Waals surface area contributed by atoms with Crippen molar-refractivity contribution in [1.82, 2.24) is 0 Å². The van der Waals surface area contributed by atoms with Gasteiger partial charge in [0.25, 0.3) is 0 Å². The smallest absolute Gasteiger partial charge is 0.306 e. The molecule has 0 aromatic heterocycles. The molecule has 6 nitrogen and oxygen atoms in total. The van der Waals surface area contributed by atoms with Crippen LogP contribution >= 0.6 is 0 Å². The Balaban J connectivity index is 4.47. The molecule has 0 N–H and O–H groups in total. The Morgan fingerprint density at radius 1 is 0.273 bits per heavy atom. The molecule has 1 atom stereocenters. The monoisotopic (exact) mass is 1070 g/mol. The van der Waals surface area contributed by atoms with Gasteiger partial charge in [-0.2, -0.15) is 0 Å². The summed E-state index contributed by atoms with van der Waals surface area (Å²) in [6.07, 6.45) is 88.0. The average molecular weight is 1070 g/mol. The Hall–Kier alpha value is -3.93. The summed E-state index contributed by atoms with van der Waals surface area (Å²) < 4.78 is 16.9. The standard InChI is InChI=1S/C71H120O6/c1-4-7-10-13-16-19-22-25-28-31-34-35-38-40-43-46-49-52-55-58-61-64-70(73)76-67-68(77-71(74)65-62-59-56-53-50-47-44-41-37-33-30-27-24-21-18-15-12-9-6-3)66-75-69(72)63-60-57-54-51-48-45-42-39-36-32-29-26-23-20-17-14-11-8-5-2/h9,12,18,21-22,25-27,29-31,34,37-38,40-41,47,50,68H,4-8,10-11,13-17,19-20,23-24,28,32-33,35-36,39,42-46,48-49,51-67H2,1-3H3/b12-9-,21-18-,25-22-,29-26-,30-27-,34-31-,40-38-,41-37-,50-47-. The van der Waals surface area contributed by atoms with Crippen LogP contribution in [0.25, 0.3) is 0 Å². The molecule has 0 saturated carbocycles. The maximum Gasteiger partial charge on any atom is 0.306 e. The van der Waals surface area contributed by atoms with Gasteiger partial charge < -0.3 is 14.2 Å². The molecule has 0 radical (unpaired) electrons. The summed E-state index contributed by atoms with van der Waals surface area (Å²) in [7, 11) is 0. The number of carbonyl (C=O) groups excluding carboxylic acids is 3. The summed E-state index contributed by atoms with van der Waals surface area (Å²) in [6, 6.07) is 0. The molecule has 0 amide bonds. The first-order chi connectivity index (χ1) is 38.0. The molecule has 0 aromatic carbocycles. The zero-order chi connectivity index (χ0) is 55.7. The first-order valence-corrected chi connectivity index (χ1v) is 32.4. The second-order valence-corrected chi connectivity index (χ2v) is 21.3. The fourth-order valence-electron chi connectivity index (χ4n) is 8.88. The van der Waals surface area contributed by atoms with Gasteiger partial charge in [0.05, 0.1) is 0 Å². The second-order valence-electron chi connectivity index (χ2n) is 21.3. The lowest BCUT2D eigenvalue weighted by molar-refractivity contribution is -0.167. The van der Waals surface area contributed by atoms with E-state index in [0.717, 1.165) is 116 Å². The lowest BCUT2D eigenvalue weighted by Crippen LogP contribution is -2.30. The van der Waals surface area contributed by atoms with Crippen molar-refractivity contribution >= 4 is 17.9 Å². The minimum Gasteiger partial charge on any atom is -0.462 e. The minimum absolute atomic E-state index is 0.0975. The van der Waals surface area contributed by atoms with E-state index in [9.17, 15) is 14.4 Å². The Morgan fingerprint density at radius 3 is 0.818 bits per heavy atom. The third-order valence-electron chi connectivity index (χ3n) is 13.7. The van der Waals surface area contributed by atoms with E-state index in [1.165, 1.54) is 148 Å². The summed E-state index contributed by atoms with van der Waals surface area (Å²) in [5.41, 5.74) is 0. The molecule has 1 unspecified atom stereocenters. The van der Waals surface area contributed by atoms with Crippen LogP contribution in [0.5, 0.6) is 0 Å². The van der Waals surface area contributed by atoms with Gasteiger partial charge in [-0.15, -0.1) is 0 Å². The average Bonchev–Trinajstić information content (AvgIpc) is 3.43. The Bertz CT molecular complexity index is 1560. The minimum atomic E-state index is -0.806. The molecule has 0 saturated heterocycles.